The zero-order chi connectivity index (χ0) is 45.6. The van der Waals surface area contributed by atoms with Crippen LogP contribution in [0.1, 0.15) is 33.4 Å². The monoisotopic (exact) mass is 944 g/mol. The Labute approximate surface area is 407 Å². The molecule has 0 unspecified atom stereocenters. The predicted molar refractivity (Wildman–Crippen MR) is 289 cm³/mol. The van der Waals surface area contributed by atoms with Gasteiger partial charge in [0, 0.05) is 45.1 Å². The van der Waals surface area contributed by atoms with Crippen LogP contribution >= 0.6 is 46.7 Å². The first-order chi connectivity index (χ1) is 33.0. The van der Waals surface area contributed by atoms with Crippen LogP contribution in [0.15, 0.2) is 233 Å². The summed E-state index contributed by atoms with van der Waals surface area (Å²) in [6.45, 7) is 0. The van der Waals surface area contributed by atoms with Gasteiger partial charge in [-0.2, -0.15) is 0 Å². The number of fused-ring (bicyclic) bond motifs is 2. The van der Waals surface area contributed by atoms with E-state index in [1.165, 1.54) is 0 Å². The molecule has 2 aliphatic heterocycles. The van der Waals surface area contributed by atoms with Gasteiger partial charge in [0.2, 0.25) is 0 Å². The van der Waals surface area contributed by atoms with Crippen LogP contribution in [0.4, 0.5) is 11.4 Å². The van der Waals surface area contributed by atoms with Crippen LogP contribution in [0.5, 0.6) is 0 Å². The Morgan fingerprint density at radius 1 is 0.433 bits per heavy atom. The second-order valence-electron chi connectivity index (χ2n) is 15.1. The first-order valence-corrected chi connectivity index (χ1v) is 25.2. The number of hydrogen-bond donors (Lipinski definition) is 2. The molecule has 2 N–H and O–H groups in total. The zero-order valence-corrected chi connectivity index (χ0v) is 39.2. The topological polar surface area (TPSA) is 108 Å². The third-order valence-corrected chi connectivity index (χ3v) is 15.5. The van der Waals surface area contributed by atoms with Gasteiger partial charge in [-0.15, -0.1) is 43.6 Å². The van der Waals surface area contributed by atoms with Crippen molar-refractivity contribution in [2.45, 2.75) is 11.5 Å². The van der Waals surface area contributed by atoms with E-state index in [9.17, 15) is 9.59 Å². The lowest BCUT2D eigenvalue weighted by molar-refractivity contribution is -0.111. The number of benzene rings is 7. The van der Waals surface area contributed by atoms with Gasteiger partial charge in [-0.25, -0.2) is 0 Å². The number of allylic oxidation sites excluding steroid dienone is 2. The number of anilines is 2. The summed E-state index contributed by atoms with van der Waals surface area (Å²) in [7, 11) is 0. The largest absolute Gasteiger partial charge is 0.322 e. The van der Waals surface area contributed by atoms with Gasteiger partial charge in [-0.1, -0.05) is 217 Å². The minimum atomic E-state index is -0.243. The molecule has 326 valence electrons. The molecule has 0 spiro atoms. The number of carbonyl (C=O) groups is 2. The highest BCUT2D eigenvalue weighted by atomic mass is 32.2. The van der Waals surface area contributed by atoms with E-state index in [-0.39, 0.29) is 17.1 Å². The molecule has 0 bridgehead atoms. The predicted octanol–water partition coefficient (Wildman–Crippen LogP) is 12.3. The van der Waals surface area contributed by atoms with Crippen molar-refractivity contribution in [2.24, 2.45) is 20.4 Å². The van der Waals surface area contributed by atoms with E-state index in [0.717, 1.165) is 59.0 Å². The van der Waals surface area contributed by atoms with E-state index in [0.29, 0.717) is 34.1 Å². The third-order valence-electron chi connectivity index (χ3n) is 10.5. The maximum absolute atomic E-state index is 13.3. The van der Waals surface area contributed by atoms with E-state index in [4.69, 9.17) is 20.4 Å². The van der Waals surface area contributed by atoms with Gasteiger partial charge in [-0.3, -0.25) is 9.59 Å². The molecule has 13 heteroatoms. The van der Waals surface area contributed by atoms with E-state index in [2.05, 4.69) is 47.0 Å². The summed E-state index contributed by atoms with van der Waals surface area (Å²) in [5, 5.41) is 25.7. The van der Waals surface area contributed by atoms with E-state index < -0.39 is 0 Å². The number of carbonyl (C=O) groups excluding carboxylic acids is 2. The van der Waals surface area contributed by atoms with Crippen LogP contribution < -0.4 is 16.1 Å². The molecule has 0 fully saturated rings. The summed E-state index contributed by atoms with van der Waals surface area (Å²) >= 11 is 6.39. The van der Waals surface area contributed by atoms with Gasteiger partial charge in [-0.05, 0) is 35.4 Å². The Hall–Kier alpha value is -6.90. The van der Waals surface area contributed by atoms with Crippen molar-refractivity contribution in [1.29, 1.82) is 0 Å². The summed E-state index contributed by atoms with van der Waals surface area (Å²) in [6, 6.07) is 65.9. The number of para-hydroxylation sites is 2. The molecule has 2 heterocycles. The van der Waals surface area contributed by atoms with Crippen molar-refractivity contribution in [2.75, 3.05) is 10.6 Å². The maximum Gasteiger partial charge on any atom is 0.322 e. The van der Waals surface area contributed by atoms with Crippen molar-refractivity contribution >= 4 is 112 Å². The van der Waals surface area contributed by atoms with Gasteiger partial charge >= 0.3 is 5.27 Å². The Kier molecular flexibility index (Phi) is 15.2. The van der Waals surface area contributed by atoms with Crippen LogP contribution in [0.3, 0.4) is 0 Å². The summed E-state index contributed by atoms with van der Waals surface area (Å²) < 4.78 is 1.45. The molecule has 0 atom stereocenters. The van der Waals surface area contributed by atoms with Gasteiger partial charge in [0.25, 0.3) is 11.8 Å². The highest BCUT2D eigenvalue weighted by Gasteiger charge is 2.28. The first kappa shape index (κ1) is 45.3. The van der Waals surface area contributed by atoms with E-state index >= 15 is 0 Å². The molecule has 7 aromatic carbocycles. The van der Waals surface area contributed by atoms with Crippen molar-refractivity contribution in [3.63, 3.8) is 0 Å². The molecular weight excluding hydrogens is 904 g/mol. The van der Waals surface area contributed by atoms with Gasteiger partial charge < -0.3 is 10.6 Å². The summed E-state index contributed by atoms with van der Waals surface area (Å²) in [4.78, 5) is 26.7. The summed E-state index contributed by atoms with van der Waals surface area (Å²) in [5.41, 5.74) is 10.3. The molecule has 2 amide bonds. The zero-order valence-electron chi connectivity index (χ0n) is 35.9. The Bertz CT molecular complexity index is 2870. The quantitative estimate of drug-likeness (QED) is 0.0392. The standard InChI is InChI=1S/C54H41BN6O2S4/c62-51-45(43-30-16-18-32-47(43)56-51)34-49(40-24-10-3-11-25-40)58-60-53(64-36-38-20-6-1-7-21-38)66-55(42-28-14-5-15-29-42)67-54(65-37-39-22-8-2-9-23-39)61-59-50(41-26-12-4-13-27-41)35-46-44-31-17-19-33-48(44)57-52(46)63/h1-35H,36-37H2,(H,56,62)(H,57,63)/b45-34-,46-35-,58-49-,59-50-,60-53+,61-54+. The molecular formula is C54H41BN6O2S4. The number of rotatable bonds is 13. The van der Waals surface area contributed by atoms with E-state index in [1.54, 1.807) is 46.7 Å². The lowest BCUT2D eigenvalue weighted by atomic mass is 9.93. The molecule has 0 saturated heterocycles. The highest BCUT2D eigenvalue weighted by molar-refractivity contribution is 8.72. The van der Waals surface area contributed by atoms with Crippen molar-refractivity contribution < 1.29 is 9.59 Å². The molecule has 9 rings (SSSR count). The highest BCUT2D eigenvalue weighted by Crippen LogP contribution is 2.35. The smallest absolute Gasteiger partial charge is 0.321 e. The molecule has 8 nitrogen and oxygen atoms in total. The fourth-order valence-electron chi connectivity index (χ4n) is 7.15. The second-order valence-corrected chi connectivity index (χ2v) is 20.0. The molecule has 2 aliphatic rings. The number of hydrogen-bond acceptors (Lipinski definition) is 10. The molecule has 0 aliphatic carbocycles. The molecule has 67 heavy (non-hydrogen) atoms. The fraction of sp³-hybridized carbons (Fsp3) is 0.0370. The summed E-state index contributed by atoms with van der Waals surface area (Å²) in [5.74, 6) is 0.942. The van der Waals surface area contributed by atoms with Crippen LogP contribution in [-0.2, 0) is 21.1 Å². The lowest BCUT2D eigenvalue weighted by Crippen LogP contribution is -2.26. The van der Waals surface area contributed by atoms with Crippen molar-refractivity contribution in [1.82, 2.24) is 0 Å². The number of nitrogens with one attached hydrogen (secondary N) is 2. The van der Waals surface area contributed by atoms with Crippen LogP contribution in [0.25, 0.3) is 11.1 Å². The van der Waals surface area contributed by atoms with Crippen molar-refractivity contribution in [3.05, 3.63) is 246 Å². The Morgan fingerprint density at radius 3 is 1.21 bits per heavy atom. The number of nitrogens with zero attached hydrogens (tertiary/aromatic N) is 4. The molecule has 7 aromatic rings. The van der Waals surface area contributed by atoms with Gasteiger partial charge in [0.15, 0.2) is 0 Å². The second kappa shape index (κ2) is 22.5. The average molecular weight is 945 g/mol. The maximum atomic E-state index is 13.3. The average Bonchev–Trinajstić information content (AvgIpc) is 3.88. The minimum Gasteiger partial charge on any atom is -0.321 e. The van der Waals surface area contributed by atoms with Gasteiger partial charge in [0.05, 0.1) is 22.6 Å². The Morgan fingerprint density at radius 2 is 0.791 bits per heavy atom. The van der Waals surface area contributed by atoms with Crippen LogP contribution in [0, 0.1) is 0 Å². The molecule has 0 aromatic heterocycles. The Balaban J connectivity index is 1.12. The molecule has 0 saturated carbocycles. The van der Waals surface area contributed by atoms with Crippen LogP contribution in [0.2, 0.25) is 0 Å². The van der Waals surface area contributed by atoms with Crippen LogP contribution in [-0.4, -0.2) is 37.3 Å². The van der Waals surface area contributed by atoms with E-state index in [1.807, 2.05) is 176 Å². The summed E-state index contributed by atoms with van der Waals surface area (Å²) in [6.07, 6.45) is 3.65. The first-order valence-electron chi connectivity index (χ1n) is 21.4. The number of thioether (sulfide) groups is 2. The fourth-order valence-corrected chi connectivity index (χ4v) is 12.0. The SMILES string of the molecule is O=C1Nc2ccccc2/C1=C/C(=N/N=C(\SCc1ccccc1)SB(S/C(=N/N=C(/C=C1\C(=O)Nc2ccccc21)c1ccccc1)SCc1ccccc1)c1ccccc1)c1ccccc1. The van der Waals surface area contributed by atoms with Gasteiger partial charge in [0.1, 0.15) is 8.75 Å². The molecule has 0 radical (unpaired) electrons. The normalized spacial score (nSPS) is 15.0. The lowest BCUT2D eigenvalue weighted by Gasteiger charge is -2.15. The third kappa shape index (κ3) is 11.9. The van der Waals surface area contributed by atoms with Crippen molar-refractivity contribution in [3.8, 4) is 0 Å². The number of amides is 2. The minimum absolute atomic E-state index is 0.187.